The summed E-state index contributed by atoms with van der Waals surface area (Å²) in [5, 5.41) is 2.18. The number of halogens is 1. The number of thiophene rings is 1. The number of fused-ring (bicyclic) bond motifs is 1. The van der Waals surface area contributed by atoms with E-state index >= 15 is 0 Å². The molecule has 112 valence electrons. The van der Waals surface area contributed by atoms with E-state index < -0.39 is 0 Å². The smallest absolute Gasteiger partial charge is 0.0594 e. The number of nitrogens with two attached hydrogens (primary N) is 1. The molecule has 20 heavy (non-hydrogen) atoms. The molecule has 0 amide bonds. The van der Waals surface area contributed by atoms with Crippen molar-refractivity contribution >= 4 is 27.3 Å². The molecule has 3 rings (SSSR count). The first kappa shape index (κ1) is 15.0. The fraction of sp³-hybridized carbons (Fsp3) is 0.733. The molecule has 0 bridgehead atoms. The zero-order chi connectivity index (χ0) is 14.1. The van der Waals surface area contributed by atoms with Gasteiger partial charge >= 0.3 is 0 Å². The van der Waals surface area contributed by atoms with Gasteiger partial charge in [-0.3, -0.25) is 9.80 Å². The van der Waals surface area contributed by atoms with Gasteiger partial charge in [0.05, 0.1) is 6.04 Å². The molecular weight excluding hydrogens is 334 g/mol. The van der Waals surface area contributed by atoms with Gasteiger partial charge in [0.2, 0.25) is 0 Å². The molecule has 2 saturated heterocycles. The van der Waals surface area contributed by atoms with Gasteiger partial charge in [0.25, 0.3) is 0 Å². The fourth-order valence-corrected chi connectivity index (χ4v) is 5.29. The van der Waals surface area contributed by atoms with Crippen LogP contribution in [0.4, 0.5) is 0 Å². The van der Waals surface area contributed by atoms with Crippen LogP contribution in [-0.2, 0) is 0 Å². The molecule has 3 unspecified atom stereocenters. The molecule has 0 radical (unpaired) electrons. The van der Waals surface area contributed by atoms with Crippen molar-refractivity contribution in [2.45, 2.75) is 44.3 Å². The van der Waals surface area contributed by atoms with Crippen LogP contribution in [0.2, 0.25) is 0 Å². The second-order valence-electron chi connectivity index (χ2n) is 6.01. The molecule has 3 atom stereocenters. The third-order valence-electron chi connectivity index (χ3n) is 4.77. The molecule has 0 spiro atoms. The van der Waals surface area contributed by atoms with Gasteiger partial charge in [0, 0.05) is 46.4 Å². The van der Waals surface area contributed by atoms with Crippen LogP contribution in [0, 0.1) is 0 Å². The number of rotatable bonds is 4. The SMILES string of the molecule is CCC(N)C(c1cc(Br)cs1)N1CCN2CCCC2C1. The lowest BCUT2D eigenvalue weighted by molar-refractivity contribution is 0.0621. The molecule has 2 fully saturated rings. The van der Waals surface area contributed by atoms with Crippen molar-refractivity contribution in [1.82, 2.24) is 9.80 Å². The molecule has 1 aromatic rings. The van der Waals surface area contributed by atoms with E-state index in [1.54, 1.807) is 0 Å². The summed E-state index contributed by atoms with van der Waals surface area (Å²) in [7, 11) is 0. The summed E-state index contributed by atoms with van der Waals surface area (Å²) in [6, 6.07) is 3.64. The van der Waals surface area contributed by atoms with Gasteiger partial charge in [-0.1, -0.05) is 6.92 Å². The Hall–Kier alpha value is 0.0600. The summed E-state index contributed by atoms with van der Waals surface area (Å²) in [6.45, 7) is 7.06. The third-order valence-corrected chi connectivity index (χ3v) is 6.53. The Morgan fingerprint density at radius 1 is 1.45 bits per heavy atom. The summed E-state index contributed by atoms with van der Waals surface area (Å²) in [4.78, 5) is 6.71. The Morgan fingerprint density at radius 2 is 2.30 bits per heavy atom. The molecule has 0 aromatic carbocycles. The van der Waals surface area contributed by atoms with E-state index in [4.69, 9.17) is 5.73 Å². The van der Waals surface area contributed by atoms with Crippen molar-refractivity contribution in [1.29, 1.82) is 0 Å². The average Bonchev–Trinajstić information content (AvgIpc) is 3.07. The number of hydrogen-bond donors (Lipinski definition) is 1. The van der Waals surface area contributed by atoms with Crippen molar-refractivity contribution in [3.63, 3.8) is 0 Å². The van der Waals surface area contributed by atoms with E-state index in [0.717, 1.165) is 19.0 Å². The molecule has 1 aromatic heterocycles. The van der Waals surface area contributed by atoms with Crippen LogP contribution in [0.5, 0.6) is 0 Å². The Morgan fingerprint density at radius 3 is 3.00 bits per heavy atom. The van der Waals surface area contributed by atoms with Crippen LogP contribution in [0.1, 0.15) is 37.1 Å². The summed E-state index contributed by atoms with van der Waals surface area (Å²) < 4.78 is 1.19. The molecule has 2 aliphatic rings. The maximum atomic E-state index is 6.46. The number of piperazine rings is 1. The molecule has 2 N–H and O–H groups in total. The molecule has 3 heterocycles. The lowest BCUT2D eigenvalue weighted by atomic mass is 10.0. The highest BCUT2D eigenvalue weighted by atomic mass is 79.9. The predicted molar refractivity (Wildman–Crippen MR) is 89.2 cm³/mol. The highest BCUT2D eigenvalue weighted by Crippen LogP contribution is 2.34. The Bertz CT molecular complexity index is 450. The van der Waals surface area contributed by atoms with Crippen LogP contribution >= 0.6 is 27.3 Å². The van der Waals surface area contributed by atoms with E-state index in [-0.39, 0.29) is 6.04 Å². The minimum absolute atomic E-state index is 0.230. The van der Waals surface area contributed by atoms with Gasteiger partial charge in [0.1, 0.15) is 0 Å². The first-order valence-electron chi connectivity index (χ1n) is 7.66. The van der Waals surface area contributed by atoms with Crippen molar-refractivity contribution in [3.8, 4) is 0 Å². The first-order valence-corrected chi connectivity index (χ1v) is 9.34. The van der Waals surface area contributed by atoms with Crippen molar-refractivity contribution < 1.29 is 0 Å². The second kappa shape index (κ2) is 6.44. The number of hydrogen-bond acceptors (Lipinski definition) is 4. The molecule has 3 nitrogen and oxygen atoms in total. The minimum Gasteiger partial charge on any atom is -0.326 e. The molecule has 2 aliphatic heterocycles. The zero-order valence-corrected chi connectivity index (χ0v) is 14.5. The lowest BCUT2D eigenvalue weighted by Crippen LogP contribution is -2.53. The molecule has 0 aliphatic carbocycles. The van der Waals surface area contributed by atoms with Gasteiger partial charge in [-0.05, 0) is 47.8 Å². The molecule has 0 saturated carbocycles. The van der Waals surface area contributed by atoms with Gasteiger partial charge in [-0.15, -0.1) is 11.3 Å². The van der Waals surface area contributed by atoms with Crippen molar-refractivity contribution in [3.05, 3.63) is 20.8 Å². The highest BCUT2D eigenvalue weighted by Gasteiger charge is 2.36. The quantitative estimate of drug-likeness (QED) is 0.898. The van der Waals surface area contributed by atoms with E-state index in [1.807, 2.05) is 11.3 Å². The van der Waals surface area contributed by atoms with Crippen LogP contribution in [0.3, 0.4) is 0 Å². The first-order chi connectivity index (χ1) is 9.69. The maximum Gasteiger partial charge on any atom is 0.0594 e. The van der Waals surface area contributed by atoms with Gasteiger partial charge in [-0.25, -0.2) is 0 Å². The highest BCUT2D eigenvalue weighted by molar-refractivity contribution is 9.10. The van der Waals surface area contributed by atoms with Crippen LogP contribution in [0.15, 0.2) is 15.9 Å². The fourth-order valence-electron chi connectivity index (χ4n) is 3.64. The van der Waals surface area contributed by atoms with E-state index in [1.165, 1.54) is 41.8 Å². The summed E-state index contributed by atoms with van der Waals surface area (Å²) in [5.41, 5.74) is 6.46. The monoisotopic (exact) mass is 357 g/mol. The third kappa shape index (κ3) is 2.97. The van der Waals surface area contributed by atoms with Gasteiger partial charge in [-0.2, -0.15) is 0 Å². The normalized spacial score (nSPS) is 27.4. The predicted octanol–water partition coefficient (Wildman–Crippen LogP) is 3.07. The van der Waals surface area contributed by atoms with E-state index in [2.05, 4.69) is 44.1 Å². The van der Waals surface area contributed by atoms with Crippen LogP contribution < -0.4 is 5.73 Å². The topological polar surface area (TPSA) is 32.5 Å². The van der Waals surface area contributed by atoms with Crippen molar-refractivity contribution in [2.75, 3.05) is 26.2 Å². The largest absolute Gasteiger partial charge is 0.326 e. The van der Waals surface area contributed by atoms with E-state index in [9.17, 15) is 0 Å². The summed E-state index contributed by atoms with van der Waals surface area (Å²) in [5.74, 6) is 0. The molecular formula is C15H24BrN3S. The minimum atomic E-state index is 0.230. The van der Waals surface area contributed by atoms with Gasteiger partial charge in [0.15, 0.2) is 0 Å². The van der Waals surface area contributed by atoms with E-state index in [0.29, 0.717) is 6.04 Å². The van der Waals surface area contributed by atoms with Crippen LogP contribution in [0.25, 0.3) is 0 Å². The maximum absolute atomic E-state index is 6.46. The average molecular weight is 358 g/mol. The Kier molecular flexibility index (Phi) is 4.82. The van der Waals surface area contributed by atoms with Gasteiger partial charge < -0.3 is 5.73 Å². The standard InChI is InChI=1S/C15H24BrN3S/c1-2-13(17)15(14-8-11(16)10-20-14)19-7-6-18-5-3-4-12(18)9-19/h8,10,12-13,15H,2-7,9,17H2,1H3. The second-order valence-corrected chi connectivity index (χ2v) is 7.87. The summed E-state index contributed by atoms with van der Waals surface area (Å²) in [6.07, 6.45) is 3.76. The van der Waals surface area contributed by atoms with Crippen molar-refractivity contribution in [2.24, 2.45) is 5.73 Å². The Balaban J connectivity index is 1.78. The number of nitrogens with zero attached hydrogens (tertiary/aromatic N) is 2. The zero-order valence-electron chi connectivity index (χ0n) is 12.1. The Labute approximate surface area is 134 Å². The summed E-state index contributed by atoms with van der Waals surface area (Å²) >= 11 is 5.42. The lowest BCUT2D eigenvalue weighted by Gasteiger charge is -2.43. The van der Waals surface area contributed by atoms with Crippen LogP contribution in [-0.4, -0.2) is 48.1 Å². The molecule has 5 heteroatoms.